The number of carbonyl (C=O) groups is 1. The van der Waals surface area contributed by atoms with E-state index in [1.54, 1.807) is 6.07 Å². The number of nitrogens with one attached hydrogen (secondary N) is 1. The second-order valence-electron chi connectivity index (χ2n) is 5.80. The minimum Gasteiger partial charge on any atom is -0.383 e. The molecule has 0 atom stereocenters. The van der Waals surface area contributed by atoms with Gasteiger partial charge in [0, 0.05) is 19.3 Å². The largest absolute Gasteiger partial charge is 0.383 e. The SMILES string of the molecule is CCCCN(C(=O)c1cccnc1Cl)c1c(N)n(CCC)c(=O)[nH]c1=O. The lowest BCUT2D eigenvalue weighted by Crippen LogP contribution is -2.41. The fraction of sp³-hybridized carbons (Fsp3) is 0.412. The number of nitrogens with zero attached hydrogens (tertiary/aromatic N) is 3. The van der Waals surface area contributed by atoms with Gasteiger partial charge in [-0.15, -0.1) is 0 Å². The van der Waals surface area contributed by atoms with Crippen LogP contribution in [0.2, 0.25) is 5.15 Å². The lowest BCUT2D eigenvalue weighted by Gasteiger charge is -2.24. The number of amides is 1. The van der Waals surface area contributed by atoms with Gasteiger partial charge in [0.2, 0.25) is 0 Å². The number of nitrogens with two attached hydrogens (primary N) is 1. The van der Waals surface area contributed by atoms with Gasteiger partial charge >= 0.3 is 5.69 Å². The van der Waals surface area contributed by atoms with Crippen molar-refractivity contribution in [3.8, 4) is 0 Å². The number of hydrogen-bond donors (Lipinski definition) is 2. The van der Waals surface area contributed by atoms with Gasteiger partial charge in [-0.05, 0) is 25.0 Å². The molecule has 140 valence electrons. The average Bonchev–Trinajstić information content (AvgIpc) is 2.61. The molecule has 2 aromatic rings. The molecular weight excluding hydrogens is 358 g/mol. The summed E-state index contributed by atoms with van der Waals surface area (Å²) in [6.07, 6.45) is 3.57. The number of nitrogen functional groups attached to an aromatic ring is 1. The van der Waals surface area contributed by atoms with E-state index in [1.807, 2.05) is 13.8 Å². The Morgan fingerprint density at radius 3 is 2.69 bits per heavy atom. The van der Waals surface area contributed by atoms with E-state index in [2.05, 4.69) is 9.97 Å². The quantitative estimate of drug-likeness (QED) is 0.714. The summed E-state index contributed by atoms with van der Waals surface area (Å²) in [6.45, 7) is 4.44. The minimum absolute atomic E-state index is 0.0370. The monoisotopic (exact) mass is 379 g/mol. The second kappa shape index (κ2) is 8.66. The molecule has 26 heavy (non-hydrogen) atoms. The van der Waals surface area contributed by atoms with Crippen molar-refractivity contribution in [3.05, 3.63) is 49.9 Å². The van der Waals surface area contributed by atoms with Crippen molar-refractivity contribution < 1.29 is 4.79 Å². The Hall–Kier alpha value is -2.61. The molecule has 0 bridgehead atoms. The Morgan fingerprint density at radius 1 is 1.35 bits per heavy atom. The van der Waals surface area contributed by atoms with Gasteiger partial charge in [0.15, 0.2) is 5.69 Å². The van der Waals surface area contributed by atoms with Crippen molar-refractivity contribution in [1.29, 1.82) is 0 Å². The van der Waals surface area contributed by atoms with Crippen LogP contribution in [0.3, 0.4) is 0 Å². The zero-order valence-electron chi connectivity index (χ0n) is 14.8. The van der Waals surface area contributed by atoms with Crippen LogP contribution in [-0.2, 0) is 6.54 Å². The van der Waals surface area contributed by atoms with Gasteiger partial charge in [0.05, 0.1) is 5.56 Å². The fourth-order valence-corrected chi connectivity index (χ4v) is 2.81. The van der Waals surface area contributed by atoms with Crippen LogP contribution >= 0.6 is 11.6 Å². The third-order valence-corrected chi connectivity index (χ3v) is 4.20. The summed E-state index contributed by atoms with van der Waals surface area (Å²) in [6, 6.07) is 3.12. The third kappa shape index (κ3) is 3.96. The zero-order chi connectivity index (χ0) is 19.3. The summed E-state index contributed by atoms with van der Waals surface area (Å²) in [5.74, 6) is -0.527. The molecule has 0 saturated carbocycles. The molecular formula is C17H22ClN5O3. The molecule has 8 nitrogen and oxygen atoms in total. The van der Waals surface area contributed by atoms with Crippen LogP contribution in [0.1, 0.15) is 43.5 Å². The molecule has 0 unspecified atom stereocenters. The number of aromatic nitrogens is 3. The molecule has 2 rings (SSSR count). The van der Waals surface area contributed by atoms with Crippen molar-refractivity contribution in [1.82, 2.24) is 14.5 Å². The molecule has 0 aliphatic carbocycles. The topological polar surface area (TPSA) is 114 Å². The summed E-state index contributed by atoms with van der Waals surface area (Å²) in [7, 11) is 0. The first-order valence-electron chi connectivity index (χ1n) is 8.47. The number of aromatic amines is 1. The first-order valence-corrected chi connectivity index (χ1v) is 8.85. The zero-order valence-corrected chi connectivity index (χ0v) is 15.5. The number of pyridine rings is 1. The molecule has 0 aliphatic heterocycles. The summed E-state index contributed by atoms with van der Waals surface area (Å²) in [5.41, 5.74) is 4.92. The molecule has 0 aliphatic rings. The predicted octanol–water partition coefficient (Wildman–Crippen LogP) is 2.02. The number of carbonyl (C=O) groups excluding carboxylic acids is 1. The summed E-state index contributed by atoms with van der Waals surface area (Å²) in [4.78, 5) is 44.9. The van der Waals surface area contributed by atoms with Gasteiger partial charge in [-0.25, -0.2) is 9.78 Å². The van der Waals surface area contributed by atoms with Crippen molar-refractivity contribution in [2.45, 2.75) is 39.7 Å². The van der Waals surface area contributed by atoms with Crippen LogP contribution in [0.25, 0.3) is 0 Å². The van der Waals surface area contributed by atoms with E-state index in [1.165, 1.54) is 21.7 Å². The number of unbranched alkanes of at least 4 members (excludes halogenated alkanes) is 1. The van der Waals surface area contributed by atoms with E-state index in [4.69, 9.17) is 17.3 Å². The summed E-state index contributed by atoms with van der Waals surface area (Å²) >= 11 is 6.04. The number of H-pyrrole nitrogens is 1. The van der Waals surface area contributed by atoms with Crippen LogP contribution in [-0.4, -0.2) is 27.0 Å². The van der Waals surface area contributed by atoms with E-state index in [0.29, 0.717) is 19.4 Å². The molecule has 3 N–H and O–H groups in total. The molecule has 2 heterocycles. The maximum atomic E-state index is 13.0. The lowest BCUT2D eigenvalue weighted by molar-refractivity contribution is 0.0986. The Kier molecular flexibility index (Phi) is 6.57. The Morgan fingerprint density at radius 2 is 2.08 bits per heavy atom. The van der Waals surface area contributed by atoms with E-state index < -0.39 is 17.2 Å². The first-order chi connectivity index (χ1) is 12.4. The summed E-state index contributed by atoms with van der Waals surface area (Å²) < 4.78 is 1.26. The second-order valence-corrected chi connectivity index (χ2v) is 6.15. The van der Waals surface area contributed by atoms with Gasteiger partial charge in [0.25, 0.3) is 11.5 Å². The van der Waals surface area contributed by atoms with Crippen molar-refractivity contribution in [3.63, 3.8) is 0 Å². The highest BCUT2D eigenvalue weighted by atomic mass is 35.5. The minimum atomic E-state index is -0.704. The highest BCUT2D eigenvalue weighted by Gasteiger charge is 2.26. The third-order valence-electron chi connectivity index (χ3n) is 3.90. The fourth-order valence-electron chi connectivity index (χ4n) is 2.61. The standard InChI is InChI=1S/C17H22ClN5O3/c1-3-5-10-22(16(25)11-7-6-8-20-13(11)18)12-14(19)23(9-4-2)17(26)21-15(12)24/h6-8H,3-5,9-10,19H2,1-2H3,(H,21,24,26). The number of anilines is 2. The van der Waals surface area contributed by atoms with Crippen LogP contribution < -0.4 is 21.9 Å². The van der Waals surface area contributed by atoms with Crippen LogP contribution in [0.4, 0.5) is 11.5 Å². The maximum Gasteiger partial charge on any atom is 0.330 e. The van der Waals surface area contributed by atoms with E-state index in [0.717, 1.165) is 6.42 Å². The average molecular weight is 380 g/mol. The Bertz CT molecular complexity index is 906. The first kappa shape index (κ1) is 19.7. The van der Waals surface area contributed by atoms with Gasteiger partial charge in [-0.2, -0.15) is 0 Å². The van der Waals surface area contributed by atoms with E-state index >= 15 is 0 Å². The molecule has 9 heteroatoms. The van der Waals surface area contributed by atoms with Crippen LogP contribution in [0.15, 0.2) is 27.9 Å². The summed E-state index contributed by atoms with van der Waals surface area (Å²) in [5, 5.41) is 0.0379. The van der Waals surface area contributed by atoms with E-state index in [9.17, 15) is 14.4 Å². The normalized spacial score (nSPS) is 10.7. The Labute approximate surface area is 155 Å². The molecule has 1 amide bonds. The van der Waals surface area contributed by atoms with Crippen LogP contribution in [0.5, 0.6) is 0 Å². The molecule has 0 saturated heterocycles. The maximum absolute atomic E-state index is 13.0. The molecule has 0 spiro atoms. The number of rotatable bonds is 7. The number of halogens is 1. The van der Waals surface area contributed by atoms with Gasteiger partial charge in [-0.3, -0.25) is 19.1 Å². The van der Waals surface area contributed by atoms with Crippen LogP contribution in [0, 0.1) is 0 Å². The van der Waals surface area contributed by atoms with Crippen molar-refractivity contribution >= 4 is 29.0 Å². The Balaban J connectivity index is 2.63. The highest BCUT2D eigenvalue weighted by Crippen LogP contribution is 2.22. The lowest BCUT2D eigenvalue weighted by atomic mass is 10.2. The molecule has 0 fully saturated rings. The molecule has 0 aromatic carbocycles. The highest BCUT2D eigenvalue weighted by molar-refractivity contribution is 6.33. The van der Waals surface area contributed by atoms with Crippen molar-refractivity contribution in [2.75, 3.05) is 17.2 Å². The van der Waals surface area contributed by atoms with Gasteiger partial charge in [0.1, 0.15) is 11.0 Å². The van der Waals surface area contributed by atoms with Gasteiger partial charge in [-0.1, -0.05) is 31.9 Å². The van der Waals surface area contributed by atoms with Crippen molar-refractivity contribution in [2.24, 2.45) is 0 Å². The van der Waals surface area contributed by atoms with E-state index in [-0.39, 0.29) is 28.8 Å². The van der Waals surface area contributed by atoms with Gasteiger partial charge < -0.3 is 10.6 Å². The number of hydrogen-bond acceptors (Lipinski definition) is 5. The molecule has 0 radical (unpaired) electrons. The smallest absolute Gasteiger partial charge is 0.330 e. The molecule has 2 aromatic heterocycles. The predicted molar refractivity (Wildman–Crippen MR) is 102 cm³/mol.